The van der Waals surface area contributed by atoms with Crippen molar-refractivity contribution in [3.05, 3.63) is 22.4 Å². The van der Waals surface area contributed by atoms with Gasteiger partial charge < -0.3 is 0 Å². The summed E-state index contributed by atoms with van der Waals surface area (Å²) in [6.07, 6.45) is 1.55. The molecular formula is C7H7NS. The first-order chi connectivity index (χ1) is 4.43. The molecule has 0 saturated heterocycles. The Labute approximate surface area is 58.6 Å². The van der Waals surface area contributed by atoms with E-state index in [0.29, 0.717) is 6.42 Å². The normalized spacial score (nSPS) is 8.78. The lowest BCUT2D eigenvalue weighted by atomic mass is 10.3. The zero-order chi connectivity index (χ0) is 6.53. The van der Waals surface area contributed by atoms with E-state index in [9.17, 15) is 0 Å². The highest BCUT2D eigenvalue weighted by Gasteiger charge is 1.89. The molecule has 0 saturated carbocycles. The summed E-state index contributed by atoms with van der Waals surface area (Å²) in [6.45, 7) is 0. The molecule has 0 unspecified atom stereocenters. The molecule has 2 heteroatoms. The predicted octanol–water partition coefficient (Wildman–Crippen LogP) is 2.20. The standard InChI is InChI=1S/C7H7NS/c8-5-1-3-7-4-2-6-9-7/h2,4,6H,1,3H2. The molecule has 9 heavy (non-hydrogen) atoms. The Morgan fingerprint density at radius 3 is 3.11 bits per heavy atom. The summed E-state index contributed by atoms with van der Waals surface area (Å²) in [4.78, 5) is 1.30. The Morgan fingerprint density at radius 2 is 2.56 bits per heavy atom. The van der Waals surface area contributed by atoms with Crippen molar-refractivity contribution in [1.82, 2.24) is 0 Å². The average Bonchev–Trinajstić information content (AvgIpc) is 2.34. The number of thiophene rings is 1. The number of hydrogen-bond acceptors (Lipinski definition) is 2. The summed E-state index contributed by atoms with van der Waals surface area (Å²) in [5.41, 5.74) is 0. The number of nitriles is 1. The number of nitrogens with zero attached hydrogens (tertiary/aromatic N) is 1. The largest absolute Gasteiger partial charge is 0.198 e. The van der Waals surface area contributed by atoms with Crippen LogP contribution in [0, 0.1) is 11.3 Å². The highest BCUT2D eigenvalue weighted by molar-refractivity contribution is 7.09. The van der Waals surface area contributed by atoms with Crippen LogP contribution in [-0.4, -0.2) is 0 Å². The molecular weight excluding hydrogens is 130 g/mol. The van der Waals surface area contributed by atoms with E-state index in [1.807, 2.05) is 11.4 Å². The summed E-state index contributed by atoms with van der Waals surface area (Å²) < 4.78 is 0. The van der Waals surface area contributed by atoms with Gasteiger partial charge in [0.1, 0.15) is 0 Å². The smallest absolute Gasteiger partial charge is 0.0625 e. The number of rotatable bonds is 2. The number of hydrogen-bond donors (Lipinski definition) is 0. The second kappa shape index (κ2) is 3.26. The molecule has 0 atom stereocenters. The lowest BCUT2D eigenvalue weighted by Gasteiger charge is -1.84. The van der Waals surface area contributed by atoms with Crippen LogP contribution in [0.2, 0.25) is 0 Å². The van der Waals surface area contributed by atoms with Gasteiger partial charge in [-0.1, -0.05) is 6.07 Å². The summed E-state index contributed by atoms with van der Waals surface area (Å²) in [6, 6.07) is 6.18. The molecule has 0 fully saturated rings. The van der Waals surface area contributed by atoms with Crippen molar-refractivity contribution in [2.75, 3.05) is 0 Å². The molecule has 1 heterocycles. The topological polar surface area (TPSA) is 23.8 Å². The Kier molecular flexibility index (Phi) is 2.29. The second-order valence-electron chi connectivity index (χ2n) is 1.74. The van der Waals surface area contributed by atoms with Crippen LogP contribution in [0.15, 0.2) is 17.5 Å². The van der Waals surface area contributed by atoms with Gasteiger partial charge in [0.25, 0.3) is 0 Å². The first-order valence-electron chi connectivity index (χ1n) is 2.83. The molecule has 0 radical (unpaired) electrons. The second-order valence-corrected chi connectivity index (χ2v) is 2.77. The molecule has 1 aromatic heterocycles. The van der Waals surface area contributed by atoms with Crippen molar-refractivity contribution < 1.29 is 0 Å². The molecule has 1 aromatic rings. The Balaban J connectivity index is 2.41. The monoisotopic (exact) mass is 137 g/mol. The summed E-state index contributed by atoms with van der Waals surface area (Å²) in [5, 5.41) is 10.3. The zero-order valence-electron chi connectivity index (χ0n) is 5.00. The van der Waals surface area contributed by atoms with Gasteiger partial charge in [0, 0.05) is 11.3 Å². The van der Waals surface area contributed by atoms with Crippen LogP contribution in [0.3, 0.4) is 0 Å². The fourth-order valence-electron chi connectivity index (χ4n) is 0.634. The van der Waals surface area contributed by atoms with E-state index in [1.165, 1.54) is 4.88 Å². The Morgan fingerprint density at radius 1 is 1.67 bits per heavy atom. The van der Waals surface area contributed by atoms with Crippen molar-refractivity contribution in [2.45, 2.75) is 12.8 Å². The molecule has 0 spiro atoms. The quantitative estimate of drug-likeness (QED) is 0.613. The maximum atomic E-state index is 8.22. The van der Waals surface area contributed by atoms with Crippen molar-refractivity contribution in [1.29, 1.82) is 5.26 Å². The maximum absolute atomic E-state index is 8.22. The van der Waals surface area contributed by atoms with Crippen LogP contribution in [-0.2, 0) is 6.42 Å². The van der Waals surface area contributed by atoms with Crippen LogP contribution >= 0.6 is 11.3 Å². The molecule has 0 aromatic carbocycles. The third-order valence-electron chi connectivity index (χ3n) is 1.06. The minimum absolute atomic E-state index is 0.639. The van der Waals surface area contributed by atoms with Crippen LogP contribution in [0.1, 0.15) is 11.3 Å². The Hall–Kier alpha value is -0.810. The summed E-state index contributed by atoms with van der Waals surface area (Å²) in [5.74, 6) is 0. The average molecular weight is 137 g/mol. The van der Waals surface area contributed by atoms with E-state index in [1.54, 1.807) is 11.3 Å². The van der Waals surface area contributed by atoms with Crippen molar-refractivity contribution in [3.63, 3.8) is 0 Å². The van der Waals surface area contributed by atoms with E-state index < -0.39 is 0 Å². The molecule has 0 N–H and O–H groups in total. The van der Waals surface area contributed by atoms with E-state index >= 15 is 0 Å². The molecule has 46 valence electrons. The highest BCUT2D eigenvalue weighted by Crippen LogP contribution is 2.09. The molecule has 0 amide bonds. The van der Waals surface area contributed by atoms with Gasteiger partial charge in [0.2, 0.25) is 0 Å². The molecule has 1 nitrogen and oxygen atoms in total. The first kappa shape index (κ1) is 6.31. The lowest BCUT2D eigenvalue weighted by molar-refractivity contribution is 1.04. The van der Waals surface area contributed by atoms with Gasteiger partial charge in [-0.3, -0.25) is 0 Å². The maximum Gasteiger partial charge on any atom is 0.0625 e. The van der Waals surface area contributed by atoms with Crippen LogP contribution in [0.25, 0.3) is 0 Å². The van der Waals surface area contributed by atoms with Crippen molar-refractivity contribution in [2.24, 2.45) is 0 Å². The van der Waals surface area contributed by atoms with Gasteiger partial charge in [0.05, 0.1) is 6.07 Å². The SMILES string of the molecule is N#CCCc1cccs1. The third-order valence-corrected chi connectivity index (χ3v) is 2.00. The highest BCUT2D eigenvalue weighted by atomic mass is 32.1. The van der Waals surface area contributed by atoms with Gasteiger partial charge in [-0.25, -0.2) is 0 Å². The van der Waals surface area contributed by atoms with Gasteiger partial charge >= 0.3 is 0 Å². The van der Waals surface area contributed by atoms with Crippen molar-refractivity contribution >= 4 is 11.3 Å². The fraction of sp³-hybridized carbons (Fsp3) is 0.286. The van der Waals surface area contributed by atoms with E-state index in [-0.39, 0.29) is 0 Å². The third kappa shape index (κ3) is 1.87. The van der Waals surface area contributed by atoms with Gasteiger partial charge in [-0.05, 0) is 17.9 Å². The molecule has 0 bridgehead atoms. The number of aryl methyl sites for hydroxylation is 1. The predicted molar refractivity (Wildman–Crippen MR) is 38.3 cm³/mol. The molecule has 0 aliphatic carbocycles. The first-order valence-corrected chi connectivity index (χ1v) is 3.71. The minimum atomic E-state index is 0.639. The minimum Gasteiger partial charge on any atom is -0.198 e. The van der Waals surface area contributed by atoms with Gasteiger partial charge in [-0.2, -0.15) is 5.26 Å². The van der Waals surface area contributed by atoms with Crippen LogP contribution < -0.4 is 0 Å². The molecule has 0 aliphatic rings. The summed E-state index contributed by atoms with van der Waals surface area (Å²) >= 11 is 1.71. The van der Waals surface area contributed by atoms with Gasteiger partial charge in [0.15, 0.2) is 0 Å². The zero-order valence-corrected chi connectivity index (χ0v) is 5.82. The fourth-order valence-corrected chi connectivity index (χ4v) is 1.34. The van der Waals surface area contributed by atoms with E-state index in [4.69, 9.17) is 5.26 Å². The van der Waals surface area contributed by atoms with Crippen LogP contribution in [0.4, 0.5) is 0 Å². The lowest BCUT2D eigenvalue weighted by Crippen LogP contribution is -1.73. The Bertz CT molecular complexity index is 195. The molecule has 1 rings (SSSR count). The van der Waals surface area contributed by atoms with E-state index in [0.717, 1.165) is 6.42 Å². The van der Waals surface area contributed by atoms with Crippen molar-refractivity contribution in [3.8, 4) is 6.07 Å². The molecule has 0 aliphatic heterocycles. The summed E-state index contributed by atoms with van der Waals surface area (Å²) in [7, 11) is 0. The van der Waals surface area contributed by atoms with E-state index in [2.05, 4.69) is 12.1 Å². The van der Waals surface area contributed by atoms with Gasteiger partial charge in [-0.15, -0.1) is 11.3 Å². The van der Waals surface area contributed by atoms with Crippen LogP contribution in [0.5, 0.6) is 0 Å².